The lowest BCUT2D eigenvalue weighted by Gasteiger charge is -2.20. The highest BCUT2D eigenvalue weighted by Gasteiger charge is 2.21. The summed E-state index contributed by atoms with van der Waals surface area (Å²) in [5.41, 5.74) is 5.17. The summed E-state index contributed by atoms with van der Waals surface area (Å²) in [7, 11) is 1.90. The third-order valence-corrected chi connectivity index (χ3v) is 5.86. The van der Waals surface area contributed by atoms with Gasteiger partial charge in [-0.15, -0.1) is 0 Å². The number of hydrogen-bond acceptors (Lipinski definition) is 4. The van der Waals surface area contributed by atoms with E-state index in [1.54, 1.807) is 48.9 Å². The first-order valence-electron chi connectivity index (χ1n) is 10.1. The third-order valence-electron chi connectivity index (χ3n) is 5.31. The highest BCUT2D eigenvalue weighted by Crippen LogP contribution is 2.36. The van der Waals surface area contributed by atoms with E-state index in [2.05, 4.69) is 17.1 Å². The molecule has 0 spiro atoms. The second-order valence-electron chi connectivity index (χ2n) is 7.47. The van der Waals surface area contributed by atoms with Gasteiger partial charge in [0.25, 0.3) is 0 Å². The van der Waals surface area contributed by atoms with Crippen LogP contribution >= 0.6 is 23.2 Å². The van der Waals surface area contributed by atoms with Crippen molar-refractivity contribution >= 4 is 23.2 Å². The van der Waals surface area contributed by atoms with Gasteiger partial charge in [-0.1, -0.05) is 47.5 Å². The van der Waals surface area contributed by atoms with Crippen LogP contribution in [0, 0.1) is 22.7 Å². The maximum absolute atomic E-state index is 9.69. The molecular weight excluding hydrogens is 455 g/mol. The van der Waals surface area contributed by atoms with Gasteiger partial charge < -0.3 is 9.30 Å². The first kappa shape index (κ1) is 22.6. The summed E-state index contributed by atoms with van der Waals surface area (Å²) in [5, 5.41) is 19.7. The van der Waals surface area contributed by atoms with E-state index in [0.29, 0.717) is 33.3 Å². The van der Waals surface area contributed by atoms with Gasteiger partial charge in [0.15, 0.2) is 0 Å². The molecular formula is C26H18Cl2N4O. The lowest BCUT2D eigenvalue weighted by Crippen LogP contribution is -2.11. The predicted octanol–water partition coefficient (Wildman–Crippen LogP) is 6.44. The molecule has 1 atom stereocenters. The van der Waals surface area contributed by atoms with Crippen molar-refractivity contribution in [2.24, 2.45) is 7.05 Å². The molecule has 4 rings (SSSR count). The maximum atomic E-state index is 9.69. The predicted molar refractivity (Wildman–Crippen MR) is 128 cm³/mol. The largest absolute Gasteiger partial charge is 0.363 e. The van der Waals surface area contributed by atoms with Gasteiger partial charge in [0, 0.05) is 28.2 Å². The molecule has 0 saturated heterocycles. The Kier molecular flexibility index (Phi) is 6.77. The van der Waals surface area contributed by atoms with Crippen molar-refractivity contribution in [3.63, 3.8) is 0 Å². The van der Waals surface area contributed by atoms with Gasteiger partial charge in [0.05, 0.1) is 48.1 Å². The number of ether oxygens (including phenoxy) is 1. The number of hydrogen-bond donors (Lipinski definition) is 0. The van der Waals surface area contributed by atoms with E-state index in [1.807, 2.05) is 35.9 Å². The standard InChI is InChI=1S/C26H18Cl2N4O/c1-32-16-31-14-25(32)26(33-15-18-4-2-17(12-29)3-5-18)19-6-7-20(13-30)23(10-19)22-9-8-21(27)11-24(22)28/h2-11,14,16,26H,15H2,1H3. The maximum Gasteiger partial charge on any atom is 0.124 e. The Morgan fingerprint density at radius 3 is 2.39 bits per heavy atom. The topological polar surface area (TPSA) is 74.6 Å². The van der Waals surface area contributed by atoms with Crippen molar-refractivity contribution in [3.8, 4) is 23.3 Å². The van der Waals surface area contributed by atoms with Crippen molar-refractivity contribution < 1.29 is 4.74 Å². The molecule has 0 fully saturated rings. The molecule has 33 heavy (non-hydrogen) atoms. The Bertz CT molecular complexity index is 1380. The SMILES string of the molecule is Cn1cncc1C(OCc1ccc(C#N)cc1)c1ccc(C#N)c(-c2ccc(Cl)cc2Cl)c1. The van der Waals surface area contributed by atoms with Crippen LogP contribution in [0.1, 0.15) is 34.1 Å². The fourth-order valence-electron chi connectivity index (χ4n) is 3.58. The average Bonchev–Trinajstić information content (AvgIpc) is 3.25. The molecule has 1 heterocycles. The molecule has 3 aromatic carbocycles. The van der Waals surface area contributed by atoms with Gasteiger partial charge >= 0.3 is 0 Å². The Morgan fingerprint density at radius 1 is 0.970 bits per heavy atom. The lowest BCUT2D eigenvalue weighted by molar-refractivity contribution is 0.0622. The highest BCUT2D eigenvalue weighted by molar-refractivity contribution is 6.36. The van der Waals surface area contributed by atoms with E-state index in [4.69, 9.17) is 33.2 Å². The molecule has 0 saturated carbocycles. The average molecular weight is 473 g/mol. The Morgan fingerprint density at radius 2 is 1.76 bits per heavy atom. The molecule has 0 N–H and O–H groups in total. The number of imidazole rings is 1. The minimum absolute atomic E-state index is 0.332. The van der Waals surface area contributed by atoms with Gasteiger partial charge in [-0.2, -0.15) is 10.5 Å². The first-order valence-corrected chi connectivity index (χ1v) is 10.8. The summed E-state index contributed by atoms with van der Waals surface area (Å²) < 4.78 is 8.25. The van der Waals surface area contributed by atoms with E-state index >= 15 is 0 Å². The third kappa shape index (κ3) is 4.92. The van der Waals surface area contributed by atoms with Gasteiger partial charge in [-0.3, -0.25) is 0 Å². The summed E-state index contributed by atoms with van der Waals surface area (Å²) in [6.07, 6.45) is 3.04. The quantitative estimate of drug-likeness (QED) is 0.323. The Balaban J connectivity index is 1.74. The summed E-state index contributed by atoms with van der Waals surface area (Å²) in [6, 6.07) is 22.4. The molecule has 4 aromatic rings. The molecule has 0 aliphatic carbocycles. The molecule has 162 valence electrons. The van der Waals surface area contributed by atoms with Crippen LogP contribution in [0.5, 0.6) is 0 Å². The van der Waals surface area contributed by atoms with Gasteiger partial charge in [0.1, 0.15) is 6.10 Å². The van der Waals surface area contributed by atoms with Gasteiger partial charge in [0.2, 0.25) is 0 Å². The number of aromatic nitrogens is 2. The number of benzene rings is 3. The lowest BCUT2D eigenvalue weighted by atomic mass is 9.95. The zero-order valence-electron chi connectivity index (χ0n) is 17.7. The summed E-state index contributed by atoms with van der Waals surface area (Å²) in [5.74, 6) is 0. The summed E-state index contributed by atoms with van der Waals surface area (Å²) >= 11 is 12.5. The Hall–Kier alpha value is -3.61. The molecule has 7 heteroatoms. The van der Waals surface area contributed by atoms with Crippen molar-refractivity contribution in [2.75, 3.05) is 0 Å². The fourth-order valence-corrected chi connectivity index (χ4v) is 4.09. The number of rotatable bonds is 6. The van der Waals surface area contributed by atoms with Crippen LogP contribution in [0.25, 0.3) is 11.1 Å². The number of nitrogens with zero attached hydrogens (tertiary/aromatic N) is 4. The van der Waals surface area contributed by atoms with E-state index in [-0.39, 0.29) is 0 Å². The number of halogens is 2. The van der Waals surface area contributed by atoms with E-state index < -0.39 is 6.10 Å². The van der Waals surface area contributed by atoms with E-state index in [9.17, 15) is 5.26 Å². The smallest absolute Gasteiger partial charge is 0.124 e. The van der Waals surface area contributed by atoms with Crippen LogP contribution in [0.15, 0.2) is 73.2 Å². The second kappa shape index (κ2) is 9.90. The van der Waals surface area contributed by atoms with Crippen LogP contribution in [-0.4, -0.2) is 9.55 Å². The van der Waals surface area contributed by atoms with Crippen molar-refractivity contribution in [3.05, 3.63) is 111 Å². The van der Waals surface area contributed by atoms with Crippen LogP contribution in [0.3, 0.4) is 0 Å². The molecule has 0 aliphatic rings. The highest BCUT2D eigenvalue weighted by atomic mass is 35.5. The summed E-state index contributed by atoms with van der Waals surface area (Å²) in [6.45, 7) is 0.332. The molecule has 5 nitrogen and oxygen atoms in total. The Labute approximate surface area is 202 Å². The van der Waals surface area contributed by atoms with Gasteiger partial charge in [-0.05, 0) is 47.5 Å². The van der Waals surface area contributed by atoms with Crippen LogP contribution in [-0.2, 0) is 18.4 Å². The first-order chi connectivity index (χ1) is 16.0. The summed E-state index contributed by atoms with van der Waals surface area (Å²) in [4.78, 5) is 4.24. The van der Waals surface area contributed by atoms with Crippen LogP contribution in [0.2, 0.25) is 10.0 Å². The second-order valence-corrected chi connectivity index (χ2v) is 8.31. The number of nitriles is 2. The van der Waals surface area contributed by atoms with Crippen molar-refractivity contribution in [1.82, 2.24) is 9.55 Å². The van der Waals surface area contributed by atoms with Crippen molar-refractivity contribution in [1.29, 1.82) is 10.5 Å². The van der Waals surface area contributed by atoms with Crippen molar-refractivity contribution in [2.45, 2.75) is 12.7 Å². The van der Waals surface area contributed by atoms with E-state index in [1.165, 1.54) is 0 Å². The molecule has 0 bridgehead atoms. The zero-order valence-corrected chi connectivity index (χ0v) is 19.2. The fraction of sp³-hybridized carbons (Fsp3) is 0.115. The molecule has 1 unspecified atom stereocenters. The molecule has 1 aromatic heterocycles. The monoisotopic (exact) mass is 472 g/mol. The number of aryl methyl sites for hydroxylation is 1. The van der Waals surface area contributed by atoms with Gasteiger partial charge in [-0.25, -0.2) is 4.98 Å². The van der Waals surface area contributed by atoms with E-state index in [0.717, 1.165) is 22.4 Å². The normalized spacial score (nSPS) is 11.5. The molecule has 0 amide bonds. The molecule has 0 aliphatic heterocycles. The van der Waals surface area contributed by atoms with Crippen LogP contribution in [0.4, 0.5) is 0 Å². The molecule has 0 radical (unpaired) electrons. The zero-order chi connectivity index (χ0) is 23.4. The minimum Gasteiger partial charge on any atom is -0.363 e. The minimum atomic E-state index is -0.439. The van der Waals surface area contributed by atoms with Crippen LogP contribution < -0.4 is 0 Å².